The summed E-state index contributed by atoms with van der Waals surface area (Å²) in [7, 11) is 1.61. The standard InChI is InChI=1S/C18H26O3/c1-4-6-7-14(5-2)12-16(18(19)20)13-15-8-10-17(21-3)11-9-15/h8-11,13-14H,4-7,12H2,1-3H3,(H,19,20)/p-1/b16-13+. The van der Waals surface area contributed by atoms with Gasteiger partial charge in [-0.25, -0.2) is 0 Å². The number of hydrogen-bond acceptors (Lipinski definition) is 3. The highest BCUT2D eigenvalue weighted by Gasteiger charge is 2.10. The van der Waals surface area contributed by atoms with Gasteiger partial charge in [0, 0.05) is 0 Å². The van der Waals surface area contributed by atoms with E-state index < -0.39 is 5.97 Å². The Bertz CT molecular complexity index is 460. The van der Waals surface area contributed by atoms with Crippen molar-refractivity contribution in [3.63, 3.8) is 0 Å². The number of hydrogen-bond donors (Lipinski definition) is 0. The zero-order valence-corrected chi connectivity index (χ0v) is 13.2. The van der Waals surface area contributed by atoms with Crippen molar-refractivity contribution in [1.29, 1.82) is 0 Å². The van der Waals surface area contributed by atoms with Crippen molar-refractivity contribution in [3.8, 4) is 5.75 Å². The summed E-state index contributed by atoms with van der Waals surface area (Å²) in [6.07, 6.45) is 6.63. The quantitative estimate of drug-likeness (QED) is 0.654. The molecule has 0 spiro atoms. The fraction of sp³-hybridized carbons (Fsp3) is 0.500. The van der Waals surface area contributed by atoms with Gasteiger partial charge < -0.3 is 14.6 Å². The highest BCUT2D eigenvalue weighted by molar-refractivity contribution is 5.90. The first kappa shape index (κ1) is 17.3. The van der Waals surface area contributed by atoms with Gasteiger partial charge in [0.1, 0.15) is 5.75 Å². The fourth-order valence-corrected chi connectivity index (χ4v) is 2.36. The Morgan fingerprint density at radius 1 is 1.29 bits per heavy atom. The molecule has 0 aliphatic rings. The molecule has 21 heavy (non-hydrogen) atoms. The molecule has 0 amide bonds. The number of carbonyl (C=O) groups is 1. The molecule has 0 aromatic heterocycles. The predicted molar refractivity (Wildman–Crippen MR) is 83.9 cm³/mol. The number of unbranched alkanes of at least 4 members (excludes halogenated alkanes) is 1. The maximum atomic E-state index is 11.3. The molecule has 0 aliphatic carbocycles. The van der Waals surface area contributed by atoms with Crippen molar-refractivity contribution < 1.29 is 14.6 Å². The van der Waals surface area contributed by atoms with Crippen molar-refractivity contribution in [2.24, 2.45) is 5.92 Å². The van der Waals surface area contributed by atoms with Crippen LogP contribution in [0.2, 0.25) is 0 Å². The summed E-state index contributed by atoms with van der Waals surface area (Å²) in [6.45, 7) is 4.26. The summed E-state index contributed by atoms with van der Waals surface area (Å²) < 4.78 is 5.10. The van der Waals surface area contributed by atoms with Crippen molar-refractivity contribution in [3.05, 3.63) is 35.4 Å². The van der Waals surface area contributed by atoms with Gasteiger partial charge in [0.05, 0.1) is 13.1 Å². The van der Waals surface area contributed by atoms with Gasteiger partial charge in [-0.15, -0.1) is 0 Å². The molecule has 1 unspecified atom stereocenters. The van der Waals surface area contributed by atoms with E-state index in [1.807, 2.05) is 24.3 Å². The van der Waals surface area contributed by atoms with E-state index in [1.165, 1.54) is 0 Å². The van der Waals surface area contributed by atoms with Crippen LogP contribution < -0.4 is 9.84 Å². The molecule has 0 radical (unpaired) electrons. The molecule has 0 saturated carbocycles. The van der Waals surface area contributed by atoms with Crippen LogP contribution in [-0.4, -0.2) is 13.1 Å². The molecule has 0 aliphatic heterocycles. The van der Waals surface area contributed by atoms with Crippen LogP contribution in [0.25, 0.3) is 6.08 Å². The lowest BCUT2D eigenvalue weighted by molar-refractivity contribution is -0.299. The largest absolute Gasteiger partial charge is 0.545 e. The maximum absolute atomic E-state index is 11.3. The Morgan fingerprint density at radius 2 is 1.95 bits per heavy atom. The first-order valence-corrected chi connectivity index (χ1v) is 7.66. The Labute approximate surface area is 127 Å². The average Bonchev–Trinajstić information content (AvgIpc) is 2.50. The zero-order chi connectivity index (χ0) is 15.7. The van der Waals surface area contributed by atoms with Gasteiger partial charge in [-0.1, -0.05) is 51.7 Å². The molecule has 1 atom stereocenters. The molecule has 1 aromatic carbocycles. The summed E-state index contributed by atoms with van der Waals surface area (Å²) in [6, 6.07) is 7.36. The molecule has 0 saturated heterocycles. The molecule has 3 heteroatoms. The minimum absolute atomic E-state index is 0.378. The van der Waals surface area contributed by atoms with Crippen LogP contribution in [0.15, 0.2) is 29.8 Å². The second-order valence-electron chi connectivity index (χ2n) is 5.35. The third-order valence-electron chi connectivity index (χ3n) is 3.77. The van der Waals surface area contributed by atoms with Gasteiger partial charge in [-0.05, 0) is 41.7 Å². The lowest BCUT2D eigenvalue weighted by Crippen LogP contribution is -2.25. The van der Waals surface area contributed by atoms with Gasteiger partial charge in [0.15, 0.2) is 0 Å². The van der Waals surface area contributed by atoms with E-state index in [-0.39, 0.29) is 0 Å². The number of aliphatic carboxylic acids is 1. The molecule has 0 heterocycles. The number of methoxy groups -OCH3 is 1. The Morgan fingerprint density at radius 3 is 2.43 bits per heavy atom. The Balaban J connectivity index is 2.83. The first-order valence-electron chi connectivity index (χ1n) is 7.66. The van der Waals surface area contributed by atoms with E-state index in [9.17, 15) is 9.90 Å². The highest BCUT2D eigenvalue weighted by atomic mass is 16.5. The SMILES string of the molecule is CCCCC(CC)C/C(=C\c1ccc(OC)cc1)C(=O)[O-]. The number of rotatable bonds is 9. The van der Waals surface area contributed by atoms with Crippen LogP contribution >= 0.6 is 0 Å². The van der Waals surface area contributed by atoms with E-state index in [0.717, 1.165) is 37.0 Å². The van der Waals surface area contributed by atoms with Gasteiger partial charge in [-0.2, -0.15) is 0 Å². The second kappa shape index (κ2) is 9.22. The summed E-state index contributed by atoms with van der Waals surface area (Å²) in [5, 5.41) is 11.3. The van der Waals surface area contributed by atoms with Crippen LogP contribution in [0.3, 0.4) is 0 Å². The van der Waals surface area contributed by atoms with E-state index in [1.54, 1.807) is 13.2 Å². The molecule has 1 aromatic rings. The van der Waals surface area contributed by atoms with Crippen molar-refractivity contribution in [2.75, 3.05) is 7.11 Å². The van der Waals surface area contributed by atoms with Gasteiger partial charge in [-0.3, -0.25) is 0 Å². The number of carboxylic acids is 1. The molecular weight excluding hydrogens is 264 g/mol. The molecule has 0 bridgehead atoms. The summed E-state index contributed by atoms with van der Waals surface area (Å²) in [5.74, 6) is 0.102. The molecule has 0 N–H and O–H groups in total. The minimum atomic E-state index is -1.07. The zero-order valence-electron chi connectivity index (χ0n) is 13.2. The highest BCUT2D eigenvalue weighted by Crippen LogP contribution is 2.23. The van der Waals surface area contributed by atoms with Crippen LogP contribution in [0.5, 0.6) is 5.75 Å². The molecule has 0 fully saturated rings. The Kier molecular flexibility index (Phi) is 7.59. The van der Waals surface area contributed by atoms with E-state index >= 15 is 0 Å². The van der Waals surface area contributed by atoms with Gasteiger partial charge in [0.2, 0.25) is 0 Å². The predicted octanol–water partition coefficient (Wildman–Crippen LogP) is 3.44. The van der Waals surface area contributed by atoms with E-state index in [4.69, 9.17) is 4.74 Å². The lowest BCUT2D eigenvalue weighted by Gasteiger charge is -2.17. The van der Waals surface area contributed by atoms with Crippen LogP contribution in [0.4, 0.5) is 0 Å². The van der Waals surface area contributed by atoms with Crippen LogP contribution in [-0.2, 0) is 4.79 Å². The summed E-state index contributed by atoms with van der Waals surface area (Å²) >= 11 is 0. The van der Waals surface area contributed by atoms with E-state index in [2.05, 4.69) is 13.8 Å². The summed E-state index contributed by atoms with van der Waals surface area (Å²) in [4.78, 5) is 11.3. The third kappa shape index (κ3) is 6.03. The number of benzene rings is 1. The second-order valence-corrected chi connectivity index (χ2v) is 5.35. The van der Waals surface area contributed by atoms with Gasteiger partial charge in [0.25, 0.3) is 0 Å². The summed E-state index contributed by atoms with van der Waals surface area (Å²) in [5.41, 5.74) is 1.24. The van der Waals surface area contributed by atoms with E-state index in [0.29, 0.717) is 17.9 Å². The van der Waals surface area contributed by atoms with Crippen molar-refractivity contribution in [1.82, 2.24) is 0 Å². The third-order valence-corrected chi connectivity index (χ3v) is 3.77. The normalized spacial score (nSPS) is 13.0. The van der Waals surface area contributed by atoms with Crippen molar-refractivity contribution >= 4 is 12.0 Å². The smallest absolute Gasteiger partial charge is 0.118 e. The minimum Gasteiger partial charge on any atom is -0.545 e. The topological polar surface area (TPSA) is 49.4 Å². The van der Waals surface area contributed by atoms with Gasteiger partial charge >= 0.3 is 0 Å². The molecule has 116 valence electrons. The molecule has 3 nitrogen and oxygen atoms in total. The lowest BCUT2D eigenvalue weighted by atomic mass is 9.91. The maximum Gasteiger partial charge on any atom is 0.118 e. The molecule has 1 rings (SSSR count). The average molecular weight is 289 g/mol. The number of ether oxygens (including phenoxy) is 1. The first-order chi connectivity index (χ1) is 10.1. The molecular formula is C18H25O3-. The number of carboxylic acid groups (broad SMARTS) is 1. The monoisotopic (exact) mass is 289 g/mol. The van der Waals surface area contributed by atoms with Crippen molar-refractivity contribution in [2.45, 2.75) is 46.0 Å². The Hall–Kier alpha value is -1.77. The number of carbonyl (C=O) groups excluding carboxylic acids is 1. The van der Waals surface area contributed by atoms with Crippen LogP contribution in [0.1, 0.15) is 51.5 Å². The van der Waals surface area contributed by atoms with Crippen LogP contribution in [0, 0.1) is 5.92 Å². The fourth-order valence-electron chi connectivity index (χ4n) is 2.36.